The van der Waals surface area contributed by atoms with Crippen LogP contribution in [0, 0.1) is 0 Å². The summed E-state index contributed by atoms with van der Waals surface area (Å²) in [6.07, 6.45) is -3.58. The quantitative estimate of drug-likeness (QED) is 0.480. The number of esters is 1. The molecule has 0 aliphatic heterocycles. The summed E-state index contributed by atoms with van der Waals surface area (Å²) in [6, 6.07) is 7.48. The van der Waals surface area contributed by atoms with Crippen LogP contribution in [0.15, 0.2) is 45.9 Å². The number of carbonyl (C=O) groups is 2. The standard InChI is InChI=1S/C16H13F3N2O5/c1-10(22)24-9-14-7-6-13(25-14)8-20-21-15(23)11-2-4-12(5-3-11)26-16(17,18)19/h2-8H,9H2,1H3,(H,21,23)/b20-8+. The van der Waals surface area contributed by atoms with E-state index >= 15 is 0 Å². The van der Waals surface area contributed by atoms with Gasteiger partial charge in [-0.05, 0) is 36.4 Å². The third-order valence-corrected chi connectivity index (χ3v) is 2.81. The highest BCUT2D eigenvalue weighted by molar-refractivity contribution is 5.94. The summed E-state index contributed by atoms with van der Waals surface area (Å²) < 4.78 is 49.9. The van der Waals surface area contributed by atoms with Crippen molar-refractivity contribution < 1.29 is 36.7 Å². The molecule has 2 aromatic rings. The zero-order valence-corrected chi connectivity index (χ0v) is 13.4. The van der Waals surface area contributed by atoms with Crippen LogP contribution in [0.25, 0.3) is 0 Å². The Labute approximate surface area is 145 Å². The normalized spacial score (nSPS) is 11.4. The van der Waals surface area contributed by atoms with Crippen molar-refractivity contribution in [1.29, 1.82) is 0 Å². The van der Waals surface area contributed by atoms with Crippen molar-refractivity contribution in [3.63, 3.8) is 0 Å². The number of furan rings is 1. The molecule has 2 rings (SSSR count). The number of alkyl halides is 3. The fourth-order valence-electron chi connectivity index (χ4n) is 1.74. The van der Waals surface area contributed by atoms with Crippen molar-refractivity contribution >= 4 is 18.1 Å². The number of ether oxygens (including phenoxy) is 2. The third kappa shape index (κ3) is 6.30. The van der Waals surface area contributed by atoms with Gasteiger partial charge in [-0.3, -0.25) is 9.59 Å². The molecule has 0 fully saturated rings. The number of nitrogens with zero attached hydrogens (tertiary/aromatic N) is 1. The van der Waals surface area contributed by atoms with Crippen LogP contribution in [0.5, 0.6) is 5.75 Å². The molecule has 1 heterocycles. The van der Waals surface area contributed by atoms with Crippen LogP contribution in [-0.2, 0) is 16.1 Å². The van der Waals surface area contributed by atoms with Gasteiger partial charge in [-0.25, -0.2) is 5.43 Å². The molecule has 7 nitrogen and oxygen atoms in total. The number of benzene rings is 1. The molecule has 138 valence electrons. The molecule has 0 unspecified atom stereocenters. The summed E-state index contributed by atoms with van der Waals surface area (Å²) in [5.74, 6) is -0.815. The Kier molecular flexibility index (Phi) is 5.99. The van der Waals surface area contributed by atoms with E-state index in [1.54, 1.807) is 12.1 Å². The molecular formula is C16H13F3N2O5. The van der Waals surface area contributed by atoms with E-state index < -0.39 is 24.0 Å². The van der Waals surface area contributed by atoms with E-state index in [1.165, 1.54) is 13.1 Å². The first-order chi connectivity index (χ1) is 12.2. The molecule has 0 aliphatic rings. The number of carbonyl (C=O) groups excluding carboxylic acids is 2. The van der Waals surface area contributed by atoms with Crippen LogP contribution in [0.3, 0.4) is 0 Å². The highest BCUT2D eigenvalue weighted by Gasteiger charge is 2.31. The maximum absolute atomic E-state index is 12.1. The molecule has 0 saturated heterocycles. The Morgan fingerprint density at radius 2 is 1.88 bits per heavy atom. The molecule has 1 aromatic heterocycles. The second kappa shape index (κ2) is 8.19. The zero-order chi connectivity index (χ0) is 19.2. The van der Waals surface area contributed by atoms with Crippen molar-refractivity contribution in [3.05, 3.63) is 53.5 Å². The monoisotopic (exact) mass is 370 g/mol. The second-order valence-corrected chi connectivity index (χ2v) is 4.86. The first-order valence-corrected chi connectivity index (χ1v) is 7.14. The Morgan fingerprint density at radius 1 is 1.19 bits per heavy atom. The van der Waals surface area contributed by atoms with Gasteiger partial charge in [0.15, 0.2) is 0 Å². The summed E-state index contributed by atoms with van der Waals surface area (Å²) in [7, 11) is 0. The van der Waals surface area contributed by atoms with Crippen molar-refractivity contribution in [2.24, 2.45) is 5.10 Å². The van der Waals surface area contributed by atoms with Gasteiger partial charge in [0.2, 0.25) is 0 Å². The molecule has 26 heavy (non-hydrogen) atoms. The third-order valence-electron chi connectivity index (χ3n) is 2.81. The lowest BCUT2D eigenvalue weighted by atomic mass is 10.2. The fourth-order valence-corrected chi connectivity index (χ4v) is 1.74. The summed E-state index contributed by atoms with van der Waals surface area (Å²) in [5, 5.41) is 3.67. The smallest absolute Gasteiger partial charge is 0.458 e. The molecule has 0 bridgehead atoms. The summed E-state index contributed by atoms with van der Waals surface area (Å²) in [5.41, 5.74) is 2.29. The Morgan fingerprint density at radius 3 is 2.50 bits per heavy atom. The minimum Gasteiger partial charge on any atom is -0.458 e. The molecule has 1 amide bonds. The van der Waals surface area contributed by atoms with Crippen LogP contribution >= 0.6 is 0 Å². The van der Waals surface area contributed by atoms with Gasteiger partial charge >= 0.3 is 12.3 Å². The summed E-state index contributed by atoms with van der Waals surface area (Å²) in [6.45, 7) is 1.24. The highest BCUT2D eigenvalue weighted by atomic mass is 19.4. The van der Waals surface area contributed by atoms with Crippen LogP contribution < -0.4 is 10.2 Å². The molecule has 1 aromatic carbocycles. The van der Waals surface area contributed by atoms with Crippen molar-refractivity contribution in [1.82, 2.24) is 5.43 Å². The first kappa shape index (κ1) is 19.0. The van der Waals surface area contributed by atoms with Crippen LogP contribution in [0.2, 0.25) is 0 Å². The van der Waals surface area contributed by atoms with E-state index in [2.05, 4.69) is 15.3 Å². The second-order valence-electron chi connectivity index (χ2n) is 4.86. The topological polar surface area (TPSA) is 90.1 Å². The van der Waals surface area contributed by atoms with Gasteiger partial charge in [-0.15, -0.1) is 13.2 Å². The van der Waals surface area contributed by atoms with Gasteiger partial charge in [0.05, 0.1) is 6.21 Å². The highest BCUT2D eigenvalue weighted by Crippen LogP contribution is 2.22. The van der Waals surface area contributed by atoms with Crippen molar-refractivity contribution in [3.8, 4) is 5.75 Å². The maximum atomic E-state index is 12.1. The molecule has 0 radical (unpaired) electrons. The predicted octanol–water partition coefficient (Wildman–Crippen LogP) is 3.01. The van der Waals surface area contributed by atoms with Gasteiger partial charge in [-0.2, -0.15) is 5.10 Å². The van der Waals surface area contributed by atoms with Crippen LogP contribution in [0.1, 0.15) is 28.8 Å². The SMILES string of the molecule is CC(=O)OCc1ccc(/C=N/NC(=O)c2ccc(OC(F)(F)F)cc2)o1. The van der Waals surface area contributed by atoms with Gasteiger partial charge in [0.1, 0.15) is 23.9 Å². The molecule has 1 N–H and O–H groups in total. The average Bonchev–Trinajstić information content (AvgIpc) is 3.00. The number of halogens is 3. The lowest BCUT2D eigenvalue weighted by Gasteiger charge is -2.08. The van der Waals surface area contributed by atoms with E-state index in [0.29, 0.717) is 11.5 Å². The molecule has 10 heteroatoms. The number of hydrazone groups is 1. The van der Waals surface area contributed by atoms with Gasteiger partial charge in [0.25, 0.3) is 5.91 Å². The van der Waals surface area contributed by atoms with Crippen LogP contribution in [0.4, 0.5) is 13.2 Å². The number of nitrogens with one attached hydrogen (secondary N) is 1. The van der Waals surface area contributed by atoms with E-state index in [1.807, 2.05) is 0 Å². The number of hydrogen-bond acceptors (Lipinski definition) is 6. The zero-order valence-electron chi connectivity index (χ0n) is 13.4. The van der Waals surface area contributed by atoms with Crippen molar-refractivity contribution in [2.75, 3.05) is 0 Å². The molecule has 0 aliphatic carbocycles. The average molecular weight is 370 g/mol. The summed E-state index contributed by atoms with van der Waals surface area (Å²) in [4.78, 5) is 22.5. The minimum absolute atomic E-state index is 0.0259. The van der Waals surface area contributed by atoms with Gasteiger partial charge < -0.3 is 13.9 Å². The molecular weight excluding hydrogens is 357 g/mol. The van der Waals surface area contributed by atoms with Gasteiger partial charge in [-0.1, -0.05) is 0 Å². The molecule has 0 saturated carbocycles. The van der Waals surface area contributed by atoms with Crippen molar-refractivity contribution in [2.45, 2.75) is 19.9 Å². The Bertz CT molecular complexity index is 797. The first-order valence-electron chi connectivity index (χ1n) is 7.14. The van der Waals surface area contributed by atoms with Crippen LogP contribution in [-0.4, -0.2) is 24.5 Å². The fraction of sp³-hybridized carbons (Fsp3) is 0.188. The lowest BCUT2D eigenvalue weighted by Crippen LogP contribution is -2.18. The van der Waals surface area contributed by atoms with E-state index in [0.717, 1.165) is 24.3 Å². The largest absolute Gasteiger partial charge is 0.573 e. The summed E-state index contributed by atoms with van der Waals surface area (Å²) >= 11 is 0. The number of rotatable bonds is 6. The number of amides is 1. The maximum Gasteiger partial charge on any atom is 0.573 e. The predicted molar refractivity (Wildman–Crippen MR) is 82.4 cm³/mol. The Balaban J connectivity index is 1.88. The lowest BCUT2D eigenvalue weighted by molar-refractivity contribution is -0.274. The van der Waals surface area contributed by atoms with E-state index in [4.69, 9.17) is 9.15 Å². The van der Waals surface area contributed by atoms with Gasteiger partial charge in [0, 0.05) is 12.5 Å². The Hall–Kier alpha value is -3.30. The van der Waals surface area contributed by atoms with E-state index in [-0.39, 0.29) is 12.2 Å². The van der Waals surface area contributed by atoms with E-state index in [9.17, 15) is 22.8 Å². The molecule has 0 atom stereocenters. The number of hydrogen-bond donors (Lipinski definition) is 1. The molecule has 0 spiro atoms. The minimum atomic E-state index is -4.80.